The zero-order valence-electron chi connectivity index (χ0n) is 5.75. The Bertz CT molecular complexity index is 309. The minimum absolute atomic E-state index is 0.643. The molecule has 56 valence electrons. The van der Waals surface area contributed by atoms with E-state index in [1.165, 1.54) is 5.56 Å². The maximum atomic E-state index is 5.18. The van der Waals surface area contributed by atoms with Gasteiger partial charge in [-0.1, -0.05) is 6.07 Å². The molecule has 0 aromatic heterocycles. The van der Waals surface area contributed by atoms with Crippen LogP contribution in [0.5, 0.6) is 5.75 Å². The maximum absolute atomic E-state index is 5.18. The molecule has 1 heterocycles. The van der Waals surface area contributed by atoms with Crippen LogP contribution in [0.1, 0.15) is 5.56 Å². The van der Waals surface area contributed by atoms with Crippen molar-refractivity contribution < 1.29 is 4.29 Å². The van der Waals surface area contributed by atoms with Crippen LogP contribution in [-0.2, 0) is 6.42 Å². The van der Waals surface area contributed by atoms with Crippen molar-refractivity contribution in [3.05, 3.63) is 23.8 Å². The molecular weight excluding hydrogens is 162 g/mol. The zero-order valence-corrected chi connectivity index (χ0v) is 6.51. The lowest BCUT2D eigenvalue weighted by molar-refractivity contribution is 0.619. The van der Waals surface area contributed by atoms with Crippen molar-refractivity contribution in [1.82, 2.24) is 0 Å². The summed E-state index contributed by atoms with van der Waals surface area (Å²) in [5.74, 6) is 0.643. The third kappa shape index (κ3) is 1.10. The molecule has 1 aliphatic heterocycles. The van der Waals surface area contributed by atoms with Gasteiger partial charge < -0.3 is 4.29 Å². The van der Waals surface area contributed by atoms with Crippen molar-refractivity contribution in [1.29, 1.82) is 0 Å². The first-order chi connectivity index (χ1) is 5.40. The van der Waals surface area contributed by atoms with E-state index < -0.39 is 0 Å². The smallest absolute Gasteiger partial charge is 0.148 e. The Hall–Kier alpha value is -1.02. The van der Waals surface area contributed by atoms with Crippen molar-refractivity contribution in [2.24, 2.45) is 4.99 Å². The summed E-state index contributed by atoms with van der Waals surface area (Å²) in [6.45, 7) is 0. The van der Waals surface area contributed by atoms with E-state index in [1.807, 2.05) is 24.4 Å². The minimum Gasteiger partial charge on any atom is -0.386 e. The predicted molar refractivity (Wildman–Crippen MR) is 44.8 cm³/mol. The van der Waals surface area contributed by atoms with E-state index in [0.717, 1.165) is 12.1 Å². The van der Waals surface area contributed by atoms with Crippen molar-refractivity contribution in [3.63, 3.8) is 0 Å². The monoisotopic (exact) mass is 167 g/mol. The molecule has 0 saturated carbocycles. The molecule has 11 heavy (non-hydrogen) atoms. The fraction of sp³-hybridized carbons (Fsp3) is 0.125. The highest BCUT2D eigenvalue weighted by molar-refractivity contribution is 6.09. The van der Waals surface area contributed by atoms with Gasteiger partial charge in [0.05, 0.1) is 5.69 Å². The Kier molecular flexibility index (Phi) is 1.55. The molecule has 1 aliphatic rings. The molecule has 0 aliphatic carbocycles. The van der Waals surface area contributed by atoms with Gasteiger partial charge in [0.1, 0.15) is 17.6 Å². The molecule has 0 unspecified atom stereocenters. The van der Waals surface area contributed by atoms with Crippen LogP contribution in [0.3, 0.4) is 0 Å². The highest BCUT2D eigenvalue weighted by atomic mass is 35.5. The molecule has 2 rings (SSSR count). The number of benzene rings is 1. The number of aliphatic imine (C=N–C) groups is 1. The first-order valence-corrected chi connectivity index (χ1v) is 3.65. The van der Waals surface area contributed by atoms with Crippen LogP contribution >= 0.6 is 11.9 Å². The van der Waals surface area contributed by atoms with E-state index >= 15 is 0 Å². The lowest BCUT2D eigenvalue weighted by Gasteiger charge is -1.98. The summed E-state index contributed by atoms with van der Waals surface area (Å²) in [6, 6.07) is 5.63. The number of hydrogen-bond acceptors (Lipinski definition) is 2. The molecule has 1 aromatic rings. The van der Waals surface area contributed by atoms with Crippen LogP contribution in [0.2, 0.25) is 0 Å². The van der Waals surface area contributed by atoms with Crippen molar-refractivity contribution >= 4 is 23.8 Å². The summed E-state index contributed by atoms with van der Waals surface area (Å²) >= 11 is 5.18. The zero-order chi connectivity index (χ0) is 7.68. The summed E-state index contributed by atoms with van der Waals surface area (Å²) in [6.07, 6.45) is 2.79. The fourth-order valence-electron chi connectivity index (χ4n) is 1.13. The molecule has 0 spiro atoms. The quantitative estimate of drug-likeness (QED) is 0.630. The molecule has 0 saturated heterocycles. The largest absolute Gasteiger partial charge is 0.386 e. The van der Waals surface area contributed by atoms with E-state index in [-0.39, 0.29) is 0 Å². The van der Waals surface area contributed by atoms with Gasteiger partial charge in [0, 0.05) is 18.7 Å². The number of nitrogens with zero attached hydrogens (tertiary/aromatic N) is 1. The second-order valence-corrected chi connectivity index (χ2v) is 2.54. The number of hydrogen-bond donors (Lipinski definition) is 0. The van der Waals surface area contributed by atoms with Gasteiger partial charge in [-0.25, -0.2) is 0 Å². The normalized spacial score (nSPS) is 13.2. The van der Waals surface area contributed by atoms with Gasteiger partial charge in [-0.15, -0.1) is 0 Å². The molecule has 0 radical (unpaired) electrons. The average molecular weight is 168 g/mol. The Balaban J connectivity index is 2.47. The molecule has 0 amide bonds. The van der Waals surface area contributed by atoms with Gasteiger partial charge in [0.25, 0.3) is 0 Å². The summed E-state index contributed by atoms with van der Waals surface area (Å²) in [5, 5.41) is 0. The van der Waals surface area contributed by atoms with Crippen molar-refractivity contribution in [2.45, 2.75) is 6.42 Å². The maximum Gasteiger partial charge on any atom is 0.148 e. The molecule has 2 nitrogen and oxygen atoms in total. The predicted octanol–water partition coefficient (Wildman–Crippen LogP) is 2.48. The lowest BCUT2D eigenvalue weighted by atomic mass is 10.1. The molecule has 0 fully saturated rings. The molecule has 0 atom stereocenters. The van der Waals surface area contributed by atoms with Gasteiger partial charge in [0.15, 0.2) is 0 Å². The van der Waals surface area contributed by atoms with Crippen molar-refractivity contribution in [3.8, 4) is 5.75 Å². The molecule has 0 bridgehead atoms. The van der Waals surface area contributed by atoms with Gasteiger partial charge in [-0.3, -0.25) is 4.99 Å². The summed E-state index contributed by atoms with van der Waals surface area (Å²) < 4.78 is 4.54. The summed E-state index contributed by atoms with van der Waals surface area (Å²) in [7, 11) is 0. The van der Waals surface area contributed by atoms with Crippen LogP contribution in [0.25, 0.3) is 0 Å². The van der Waals surface area contributed by atoms with Crippen LogP contribution in [0.15, 0.2) is 23.2 Å². The standard InChI is InChI=1S/C8H6ClNO/c9-11-7-2-1-6-3-4-10-8(6)5-7/h1-2,4-5H,3H2. The third-order valence-corrected chi connectivity index (χ3v) is 1.87. The summed E-state index contributed by atoms with van der Waals surface area (Å²) in [4.78, 5) is 4.14. The van der Waals surface area contributed by atoms with E-state index in [2.05, 4.69) is 9.28 Å². The van der Waals surface area contributed by atoms with Gasteiger partial charge in [-0.2, -0.15) is 0 Å². The Morgan fingerprint density at radius 1 is 1.45 bits per heavy atom. The van der Waals surface area contributed by atoms with E-state index in [0.29, 0.717) is 5.75 Å². The van der Waals surface area contributed by atoms with E-state index in [1.54, 1.807) is 0 Å². The topological polar surface area (TPSA) is 21.6 Å². The Morgan fingerprint density at radius 3 is 3.18 bits per heavy atom. The first-order valence-electron chi connectivity index (χ1n) is 3.34. The SMILES string of the molecule is ClOc1ccc2c(c1)N=CC2. The second-order valence-electron chi connectivity index (χ2n) is 2.38. The minimum atomic E-state index is 0.643. The van der Waals surface area contributed by atoms with Gasteiger partial charge >= 0.3 is 0 Å². The van der Waals surface area contributed by atoms with E-state index in [9.17, 15) is 0 Å². The number of halogens is 1. The Morgan fingerprint density at radius 2 is 2.36 bits per heavy atom. The molecule has 3 heteroatoms. The van der Waals surface area contributed by atoms with Crippen LogP contribution < -0.4 is 4.29 Å². The number of fused-ring (bicyclic) bond motifs is 1. The van der Waals surface area contributed by atoms with E-state index in [4.69, 9.17) is 11.9 Å². The molecule has 0 N–H and O–H groups in total. The fourth-order valence-corrected chi connectivity index (χ4v) is 1.22. The highest BCUT2D eigenvalue weighted by Crippen LogP contribution is 2.28. The molecule has 1 aromatic carbocycles. The lowest BCUT2D eigenvalue weighted by Crippen LogP contribution is -1.79. The summed E-state index contributed by atoms with van der Waals surface area (Å²) in [5.41, 5.74) is 2.19. The second kappa shape index (κ2) is 2.55. The highest BCUT2D eigenvalue weighted by Gasteiger charge is 2.06. The first kappa shape index (κ1) is 6.68. The van der Waals surface area contributed by atoms with Crippen LogP contribution in [-0.4, -0.2) is 6.21 Å². The van der Waals surface area contributed by atoms with Crippen molar-refractivity contribution in [2.75, 3.05) is 0 Å². The number of rotatable bonds is 1. The Labute approximate surface area is 69.6 Å². The third-order valence-electron chi connectivity index (χ3n) is 1.69. The van der Waals surface area contributed by atoms with Gasteiger partial charge in [0.2, 0.25) is 0 Å². The molecular formula is C8H6ClNO. The van der Waals surface area contributed by atoms with Crippen LogP contribution in [0, 0.1) is 0 Å². The van der Waals surface area contributed by atoms with Crippen LogP contribution in [0.4, 0.5) is 5.69 Å². The average Bonchev–Trinajstić information content (AvgIpc) is 2.50. The van der Waals surface area contributed by atoms with Gasteiger partial charge in [-0.05, 0) is 11.6 Å².